The SMILES string of the molecule is Cl.O=C(NCCC1CCNC1)c1ccc2c(c1)OCCO2. The van der Waals surface area contributed by atoms with Crippen LogP contribution in [0.2, 0.25) is 0 Å². The molecule has 0 radical (unpaired) electrons. The Kier molecular flexibility index (Phi) is 5.70. The van der Waals surface area contributed by atoms with E-state index in [0.717, 1.165) is 26.1 Å². The van der Waals surface area contributed by atoms with E-state index < -0.39 is 0 Å². The van der Waals surface area contributed by atoms with Gasteiger partial charge in [0.2, 0.25) is 0 Å². The number of benzene rings is 1. The van der Waals surface area contributed by atoms with E-state index in [-0.39, 0.29) is 18.3 Å². The summed E-state index contributed by atoms with van der Waals surface area (Å²) in [5, 5.41) is 6.30. The smallest absolute Gasteiger partial charge is 0.251 e. The maximum absolute atomic E-state index is 12.1. The molecule has 2 aliphatic rings. The van der Waals surface area contributed by atoms with E-state index in [9.17, 15) is 4.79 Å². The normalized spacial score (nSPS) is 19.7. The lowest BCUT2D eigenvalue weighted by atomic mass is 10.1. The molecule has 1 fully saturated rings. The quantitative estimate of drug-likeness (QED) is 0.887. The Labute approximate surface area is 130 Å². The molecule has 1 amide bonds. The maximum Gasteiger partial charge on any atom is 0.251 e. The highest BCUT2D eigenvalue weighted by molar-refractivity contribution is 5.94. The fraction of sp³-hybridized carbons (Fsp3) is 0.533. The number of rotatable bonds is 4. The summed E-state index contributed by atoms with van der Waals surface area (Å²) in [4.78, 5) is 12.1. The molecule has 1 aromatic rings. The van der Waals surface area contributed by atoms with Gasteiger partial charge in [0.25, 0.3) is 5.91 Å². The van der Waals surface area contributed by atoms with Gasteiger partial charge in [-0.25, -0.2) is 0 Å². The molecule has 0 aromatic heterocycles. The molecule has 2 aliphatic heterocycles. The van der Waals surface area contributed by atoms with Crippen LogP contribution in [0.1, 0.15) is 23.2 Å². The molecule has 0 saturated carbocycles. The van der Waals surface area contributed by atoms with Crippen molar-refractivity contribution in [3.63, 3.8) is 0 Å². The zero-order chi connectivity index (χ0) is 13.8. The standard InChI is InChI=1S/C15H20N2O3.ClH/c18-15(17-6-4-11-3-5-16-10-11)12-1-2-13-14(9-12)20-8-7-19-13;/h1-2,9,11,16H,3-8,10H2,(H,17,18);1H. The van der Waals surface area contributed by atoms with Gasteiger partial charge in [-0.2, -0.15) is 0 Å². The average molecular weight is 313 g/mol. The topological polar surface area (TPSA) is 59.6 Å². The Morgan fingerprint density at radius 1 is 1.29 bits per heavy atom. The molecule has 2 N–H and O–H groups in total. The van der Waals surface area contributed by atoms with Gasteiger partial charge in [0.1, 0.15) is 13.2 Å². The van der Waals surface area contributed by atoms with Crippen LogP contribution in [0.15, 0.2) is 18.2 Å². The number of hydrogen-bond acceptors (Lipinski definition) is 4. The second-order valence-electron chi connectivity index (χ2n) is 5.26. The van der Waals surface area contributed by atoms with Crippen molar-refractivity contribution in [2.45, 2.75) is 12.8 Å². The number of carbonyl (C=O) groups excluding carboxylic acids is 1. The number of amides is 1. The molecule has 0 spiro atoms. The Bertz CT molecular complexity index is 490. The molecule has 2 heterocycles. The third-order valence-corrected chi connectivity index (χ3v) is 3.80. The van der Waals surface area contributed by atoms with Gasteiger partial charge in [0.15, 0.2) is 11.5 Å². The third-order valence-electron chi connectivity index (χ3n) is 3.80. The molecule has 0 aliphatic carbocycles. The first-order valence-corrected chi connectivity index (χ1v) is 7.21. The lowest BCUT2D eigenvalue weighted by Gasteiger charge is -2.18. The summed E-state index contributed by atoms with van der Waals surface area (Å²) in [7, 11) is 0. The van der Waals surface area contributed by atoms with Crippen LogP contribution in [-0.2, 0) is 0 Å². The zero-order valence-electron chi connectivity index (χ0n) is 11.9. The predicted octanol–water partition coefficient (Wildman–Crippen LogP) is 1.61. The minimum atomic E-state index is -0.0482. The Balaban J connectivity index is 0.00000161. The van der Waals surface area contributed by atoms with Crippen LogP contribution in [-0.4, -0.2) is 38.8 Å². The molecule has 21 heavy (non-hydrogen) atoms. The molecule has 1 atom stereocenters. The van der Waals surface area contributed by atoms with E-state index in [1.807, 2.05) is 0 Å². The maximum atomic E-state index is 12.1. The van der Waals surface area contributed by atoms with E-state index in [0.29, 0.717) is 36.2 Å². The van der Waals surface area contributed by atoms with Gasteiger partial charge in [-0.15, -0.1) is 12.4 Å². The van der Waals surface area contributed by atoms with Crippen LogP contribution < -0.4 is 20.1 Å². The first-order chi connectivity index (χ1) is 9.83. The number of carbonyl (C=O) groups is 1. The summed E-state index contributed by atoms with van der Waals surface area (Å²) in [5.74, 6) is 2.01. The van der Waals surface area contributed by atoms with Crippen molar-refractivity contribution in [2.24, 2.45) is 5.92 Å². The molecule has 116 valence electrons. The molecule has 1 saturated heterocycles. The lowest BCUT2D eigenvalue weighted by molar-refractivity contribution is 0.0950. The average Bonchev–Trinajstić information content (AvgIpc) is 3.00. The fourth-order valence-electron chi connectivity index (χ4n) is 2.64. The van der Waals surface area contributed by atoms with Crippen molar-refractivity contribution in [2.75, 3.05) is 32.8 Å². The van der Waals surface area contributed by atoms with E-state index in [1.54, 1.807) is 18.2 Å². The Morgan fingerprint density at radius 3 is 2.86 bits per heavy atom. The molecule has 0 bridgehead atoms. The van der Waals surface area contributed by atoms with Gasteiger partial charge < -0.3 is 20.1 Å². The fourth-order valence-corrected chi connectivity index (χ4v) is 2.64. The highest BCUT2D eigenvalue weighted by Crippen LogP contribution is 2.30. The van der Waals surface area contributed by atoms with Crippen LogP contribution in [0, 0.1) is 5.92 Å². The zero-order valence-corrected chi connectivity index (χ0v) is 12.7. The molecular formula is C15H21ClN2O3. The molecule has 1 aromatic carbocycles. The monoisotopic (exact) mass is 312 g/mol. The molecular weight excluding hydrogens is 292 g/mol. The summed E-state index contributed by atoms with van der Waals surface area (Å²) >= 11 is 0. The largest absolute Gasteiger partial charge is 0.486 e. The first kappa shape index (κ1) is 15.9. The minimum absolute atomic E-state index is 0. The number of ether oxygens (including phenoxy) is 2. The van der Waals surface area contributed by atoms with Crippen LogP contribution in [0.25, 0.3) is 0 Å². The summed E-state index contributed by atoms with van der Waals surface area (Å²) in [6.45, 7) is 3.99. The van der Waals surface area contributed by atoms with Gasteiger partial charge in [0, 0.05) is 12.1 Å². The summed E-state index contributed by atoms with van der Waals surface area (Å²) < 4.78 is 10.9. The second kappa shape index (κ2) is 7.52. The number of hydrogen-bond donors (Lipinski definition) is 2. The highest BCUT2D eigenvalue weighted by atomic mass is 35.5. The van der Waals surface area contributed by atoms with Crippen LogP contribution in [0.5, 0.6) is 11.5 Å². The van der Waals surface area contributed by atoms with Gasteiger partial charge in [-0.05, 0) is 50.0 Å². The Hall–Kier alpha value is -1.46. The molecule has 6 heteroatoms. The van der Waals surface area contributed by atoms with Crippen molar-refractivity contribution in [1.29, 1.82) is 0 Å². The predicted molar refractivity (Wildman–Crippen MR) is 82.6 cm³/mol. The summed E-state index contributed by atoms with van der Waals surface area (Å²) in [6, 6.07) is 5.32. The minimum Gasteiger partial charge on any atom is -0.486 e. The number of halogens is 1. The highest BCUT2D eigenvalue weighted by Gasteiger charge is 2.16. The van der Waals surface area contributed by atoms with Crippen molar-refractivity contribution in [3.05, 3.63) is 23.8 Å². The van der Waals surface area contributed by atoms with E-state index >= 15 is 0 Å². The van der Waals surface area contributed by atoms with Crippen LogP contribution >= 0.6 is 12.4 Å². The van der Waals surface area contributed by atoms with Crippen molar-refractivity contribution in [1.82, 2.24) is 10.6 Å². The molecule has 3 rings (SSSR count). The van der Waals surface area contributed by atoms with E-state index in [4.69, 9.17) is 9.47 Å². The lowest BCUT2D eigenvalue weighted by Crippen LogP contribution is -2.26. The van der Waals surface area contributed by atoms with E-state index in [2.05, 4.69) is 10.6 Å². The molecule has 1 unspecified atom stereocenters. The van der Waals surface area contributed by atoms with Gasteiger partial charge >= 0.3 is 0 Å². The van der Waals surface area contributed by atoms with Gasteiger partial charge in [-0.3, -0.25) is 4.79 Å². The number of nitrogens with one attached hydrogen (secondary N) is 2. The van der Waals surface area contributed by atoms with E-state index in [1.165, 1.54) is 6.42 Å². The second-order valence-corrected chi connectivity index (χ2v) is 5.26. The number of fused-ring (bicyclic) bond motifs is 1. The Morgan fingerprint density at radius 2 is 2.10 bits per heavy atom. The summed E-state index contributed by atoms with van der Waals surface area (Å²) in [6.07, 6.45) is 2.24. The summed E-state index contributed by atoms with van der Waals surface area (Å²) in [5.41, 5.74) is 0.624. The van der Waals surface area contributed by atoms with Gasteiger partial charge in [0.05, 0.1) is 0 Å². The molecule has 5 nitrogen and oxygen atoms in total. The van der Waals surface area contributed by atoms with Crippen LogP contribution in [0.3, 0.4) is 0 Å². The van der Waals surface area contributed by atoms with Crippen molar-refractivity contribution < 1.29 is 14.3 Å². The van der Waals surface area contributed by atoms with Crippen molar-refractivity contribution in [3.8, 4) is 11.5 Å². The van der Waals surface area contributed by atoms with Crippen molar-refractivity contribution >= 4 is 18.3 Å². The van der Waals surface area contributed by atoms with Crippen LogP contribution in [0.4, 0.5) is 0 Å². The third kappa shape index (κ3) is 4.02. The van der Waals surface area contributed by atoms with Gasteiger partial charge in [-0.1, -0.05) is 0 Å². The first-order valence-electron chi connectivity index (χ1n) is 7.21.